The fraction of sp³-hybridized carbons (Fsp3) is 0.500. The maximum Gasteiger partial charge on any atom is 0.255 e. The lowest BCUT2D eigenvalue weighted by molar-refractivity contribution is -0.126. The molecule has 1 saturated heterocycles. The number of aromatic nitrogens is 1. The Balaban J connectivity index is 2.08. The first-order valence-electron chi connectivity index (χ1n) is 6.72. The fourth-order valence-corrected chi connectivity index (χ4v) is 2.45. The predicted molar refractivity (Wildman–Crippen MR) is 78.2 cm³/mol. The van der Waals surface area contributed by atoms with Gasteiger partial charge in [-0.1, -0.05) is 11.6 Å². The number of pyridine rings is 1. The number of halogens is 3. The van der Waals surface area contributed by atoms with E-state index in [1.165, 1.54) is 0 Å². The van der Waals surface area contributed by atoms with E-state index < -0.39 is 18.9 Å². The molecule has 0 saturated carbocycles. The SMILES string of the molecule is Cc1nc(N2CC(C(=O)NCC(F)F)C2)c(C#N)c(C)c1Cl. The van der Waals surface area contributed by atoms with E-state index in [4.69, 9.17) is 11.6 Å². The second-order valence-electron chi connectivity index (χ2n) is 5.18. The molecule has 1 aliphatic rings. The van der Waals surface area contributed by atoms with Crippen LogP contribution in [0.4, 0.5) is 14.6 Å². The van der Waals surface area contributed by atoms with Crippen LogP contribution in [-0.2, 0) is 4.79 Å². The summed E-state index contributed by atoms with van der Waals surface area (Å²) >= 11 is 6.08. The van der Waals surface area contributed by atoms with Gasteiger partial charge in [0.2, 0.25) is 5.91 Å². The molecule has 118 valence electrons. The monoisotopic (exact) mass is 328 g/mol. The smallest absolute Gasteiger partial charge is 0.255 e. The summed E-state index contributed by atoms with van der Waals surface area (Å²) in [6, 6.07) is 2.08. The number of nitrogens with zero attached hydrogens (tertiary/aromatic N) is 3. The largest absolute Gasteiger partial charge is 0.354 e. The number of nitrogens with one attached hydrogen (secondary N) is 1. The predicted octanol–water partition coefficient (Wildman–Crippen LogP) is 2.04. The van der Waals surface area contributed by atoms with E-state index in [-0.39, 0.29) is 5.92 Å². The van der Waals surface area contributed by atoms with Gasteiger partial charge in [0.05, 0.1) is 28.7 Å². The average molecular weight is 329 g/mol. The van der Waals surface area contributed by atoms with Crippen LogP contribution in [0.2, 0.25) is 5.02 Å². The number of rotatable bonds is 4. The Morgan fingerprint density at radius 1 is 1.55 bits per heavy atom. The average Bonchev–Trinajstić information content (AvgIpc) is 2.41. The van der Waals surface area contributed by atoms with Crippen molar-refractivity contribution in [3.8, 4) is 6.07 Å². The molecular weight excluding hydrogens is 314 g/mol. The van der Waals surface area contributed by atoms with Crippen LogP contribution < -0.4 is 10.2 Å². The normalized spacial score (nSPS) is 14.7. The van der Waals surface area contributed by atoms with Crippen molar-refractivity contribution in [2.75, 3.05) is 24.5 Å². The molecule has 0 bridgehead atoms. The van der Waals surface area contributed by atoms with Crippen molar-refractivity contribution in [3.63, 3.8) is 0 Å². The number of carbonyl (C=O) groups is 1. The van der Waals surface area contributed by atoms with Gasteiger partial charge in [0.15, 0.2) is 0 Å². The zero-order valence-corrected chi connectivity index (χ0v) is 12.9. The summed E-state index contributed by atoms with van der Waals surface area (Å²) in [6.07, 6.45) is -2.56. The summed E-state index contributed by atoms with van der Waals surface area (Å²) in [7, 11) is 0. The molecule has 1 fully saturated rings. The molecule has 2 rings (SSSR count). The molecule has 0 spiro atoms. The van der Waals surface area contributed by atoms with Crippen molar-refractivity contribution in [1.29, 1.82) is 5.26 Å². The highest BCUT2D eigenvalue weighted by atomic mass is 35.5. The summed E-state index contributed by atoms with van der Waals surface area (Å²) in [6.45, 7) is 3.53. The minimum absolute atomic E-state index is 0.345. The quantitative estimate of drug-likeness (QED) is 0.918. The molecule has 0 unspecified atom stereocenters. The molecule has 1 aromatic rings. The number of hydrogen-bond acceptors (Lipinski definition) is 4. The van der Waals surface area contributed by atoms with Gasteiger partial charge >= 0.3 is 0 Å². The van der Waals surface area contributed by atoms with Crippen molar-refractivity contribution >= 4 is 23.3 Å². The zero-order chi connectivity index (χ0) is 16.4. The molecule has 1 aromatic heterocycles. The van der Waals surface area contributed by atoms with E-state index >= 15 is 0 Å². The van der Waals surface area contributed by atoms with Crippen molar-refractivity contribution in [1.82, 2.24) is 10.3 Å². The highest BCUT2D eigenvalue weighted by Crippen LogP contribution is 2.32. The second-order valence-corrected chi connectivity index (χ2v) is 5.56. The molecule has 1 N–H and O–H groups in total. The topological polar surface area (TPSA) is 69.0 Å². The molecule has 0 atom stereocenters. The number of amides is 1. The van der Waals surface area contributed by atoms with Gasteiger partial charge < -0.3 is 10.2 Å². The zero-order valence-electron chi connectivity index (χ0n) is 12.2. The van der Waals surface area contributed by atoms with Crippen LogP contribution in [0.3, 0.4) is 0 Å². The summed E-state index contributed by atoms with van der Waals surface area (Å²) in [5, 5.41) is 11.9. The standard InChI is InChI=1S/C14H15ClF2N4O/c1-7-10(3-18)13(20-8(2)12(7)15)21-5-9(6-21)14(22)19-4-11(16)17/h9,11H,4-6H2,1-2H3,(H,19,22). The first kappa shape index (κ1) is 16.4. The van der Waals surface area contributed by atoms with Crippen molar-refractivity contribution in [3.05, 3.63) is 21.8 Å². The third kappa shape index (κ3) is 3.12. The number of carbonyl (C=O) groups excluding carboxylic acids is 1. The van der Waals surface area contributed by atoms with Crippen LogP contribution >= 0.6 is 11.6 Å². The molecule has 1 aliphatic heterocycles. The first-order chi connectivity index (χ1) is 10.3. The summed E-state index contributed by atoms with van der Waals surface area (Å²) in [5.74, 6) is -0.291. The minimum Gasteiger partial charge on any atom is -0.354 e. The Bertz CT molecular complexity index is 639. The van der Waals surface area contributed by atoms with E-state index in [0.717, 1.165) is 0 Å². The highest BCUT2D eigenvalue weighted by Gasteiger charge is 2.35. The maximum atomic E-state index is 12.1. The highest BCUT2D eigenvalue weighted by molar-refractivity contribution is 6.32. The molecule has 5 nitrogen and oxygen atoms in total. The lowest BCUT2D eigenvalue weighted by atomic mass is 9.97. The van der Waals surface area contributed by atoms with E-state index in [0.29, 0.717) is 40.8 Å². The summed E-state index contributed by atoms with van der Waals surface area (Å²) < 4.78 is 24.1. The lowest BCUT2D eigenvalue weighted by Gasteiger charge is -2.39. The summed E-state index contributed by atoms with van der Waals surface area (Å²) in [4.78, 5) is 17.8. The van der Waals surface area contributed by atoms with Gasteiger partial charge in [-0.25, -0.2) is 13.8 Å². The Labute approximate surface area is 131 Å². The van der Waals surface area contributed by atoms with Crippen LogP contribution in [0.15, 0.2) is 0 Å². The van der Waals surface area contributed by atoms with Gasteiger partial charge in [0.25, 0.3) is 6.43 Å². The molecule has 22 heavy (non-hydrogen) atoms. The first-order valence-corrected chi connectivity index (χ1v) is 7.10. The van der Waals surface area contributed by atoms with E-state index in [9.17, 15) is 18.8 Å². The van der Waals surface area contributed by atoms with Gasteiger partial charge in [0, 0.05) is 13.1 Å². The molecule has 2 heterocycles. The Hall–Kier alpha value is -1.94. The molecule has 0 aliphatic carbocycles. The van der Waals surface area contributed by atoms with Crippen LogP contribution in [-0.4, -0.2) is 37.0 Å². The Morgan fingerprint density at radius 3 is 2.73 bits per heavy atom. The van der Waals surface area contributed by atoms with E-state index in [1.807, 2.05) is 0 Å². The second kappa shape index (κ2) is 6.44. The number of anilines is 1. The third-order valence-electron chi connectivity index (χ3n) is 3.61. The number of hydrogen-bond donors (Lipinski definition) is 1. The van der Waals surface area contributed by atoms with Gasteiger partial charge in [-0.05, 0) is 19.4 Å². The van der Waals surface area contributed by atoms with Crippen molar-refractivity contribution < 1.29 is 13.6 Å². The molecule has 1 amide bonds. The number of nitriles is 1. The Kier molecular flexibility index (Phi) is 4.81. The third-order valence-corrected chi connectivity index (χ3v) is 4.17. The minimum atomic E-state index is -2.56. The lowest BCUT2D eigenvalue weighted by Crippen LogP contribution is -2.54. The fourth-order valence-electron chi connectivity index (χ4n) is 2.31. The van der Waals surface area contributed by atoms with Crippen LogP contribution in [0.25, 0.3) is 0 Å². The summed E-state index contributed by atoms with van der Waals surface area (Å²) in [5.41, 5.74) is 1.64. The van der Waals surface area contributed by atoms with Crippen LogP contribution in [0, 0.1) is 31.1 Å². The van der Waals surface area contributed by atoms with Crippen LogP contribution in [0.1, 0.15) is 16.8 Å². The molecular formula is C14H15ClF2N4O. The van der Waals surface area contributed by atoms with Gasteiger partial charge in [0.1, 0.15) is 11.9 Å². The van der Waals surface area contributed by atoms with E-state index in [1.54, 1.807) is 18.7 Å². The molecule has 0 aromatic carbocycles. The number of aryl methyl sites for hydroxylation is 1. The van der Waals surface area contributed by atoms with E-state index in [2.05, 4.69) is 16.4 Å². The van der Waals surface area contributed by atoms with Gasteiger partial charge in [-0.3, -0.25) is 4.79 Å². The Morgan fingerprint density at radius 2 is 2.18 bits per heavy atom. The van der Waals surface area contributed by atoms with Crippen molar-refractivity contribution in [2.45, 2.75) is 20.3 Å². The van der Waals surface area contributed by atoms with Crippen LogP contribution in [0.5, 0.6) is 0 Å². The van der Waals surface area contributed by atoms with Crippen molar-refractivity contribution in [2.24, 2.45) is 5.92 Å². The molecule has 8 heteroatoms. The maximum absolute atomic E-state index is 12.1. The van der Waals surface area contributed by atoms with Gasteiger partial charge in [-0.2, -0.15) is 5.26 Å². The number of alkyl halides is 2. The molecule has 0 radical (unpaired) electrons. The van der Waals surface area contributed by atoms with Gasteiger partial charge in [-0.15, -0.1) is 0 Å².